The van der Waals surface area contributed by atoms with Gasteiger partial charge in [-0.2, -0.15) is 11.8 Å². The molecule has 0 radical (unpaired) electrons. The lowest BCUT2D eigenvalue weighted by Crippen LogP contribution is -2.30. The van der Waals surface area contributed by atoms with E-state index in [0.717, 1.165) is 29.2 Å². The van der Waals surface area contributed by atoms with E-state index in [0.29, 0.717) is 6.04 Å². The van der Waals surface area contributed by atoms with Crippen LogP contribution in [-0.4, -0.2) is 35.2 Å². The lowest BCUT2D eigenvalue weighted by atomic mass is 10.2. The summed E-state index contributed by atoms with van der Waals surface area (Å²) in [5.74, 6) is 2.10. The minimum atomic E-state index is 0.0728. The maximum absolute atomic E-state index is 9.20. The van der Waals surface area contributed by atoms with Crippen LogP contribution in [0.25, 0.3) is 0 Å². The first-order chi connectivity index (χ1) is 8.08. The molecule has 0 saturated heterocycles. The first-order valence-electron chi connectivity index (χ1n) is 5.88. The van der Waals surface area contributed by atoms with E-state index in [9.17, 15) is 5.11 Å². The van der Waals surface area contributed by atoms with Crippen LogP contribution in [0.5, 0.6) is 0 Å². The SMILES string of the molecule is CSCCC(C)N(C)c1cc(CO)cc(C)n1. The summed E-state index contributed by atoms with van der Waals surface area (Å²) in [6.45, 7) is 4.24. The molecule has 1 unspecified atom stereocenters. The van der Waals surface area contributed by atoms with Crippen molar-refractivity contribution in [3.8, 4) is 0 Å². The Bertz CT molecular complexity index is 357. The summed E-state index contributed by atoms with van der Waals surface area (Å²) < 4.78 is 0. The van der Waals surface area contributed by atoms with Gasteiger partial charge in [0.05, 0.1) is 6.61 Å². The molecule has 0 aliphatic carbocycles. The second-order valence-corrected chi connectivity index (χ2v) is 5.36. The number of thioether (sulfide) groups is 1. The molecular formula is C13H22N2OS. The number of hydrogen-bond acceptors (Lipinski definition) is 4. The van der Waals surface area contributed by atoms with E-state index >= 15 is 0 Å². The van der Waals surface area contributed by atoms with Crippen molar-refractivity contribution in [2.75, 3.05) is 24.0 Å². The van der Waals surface area contributed by atoms with Crippen LogP contribution in [0.3, 0.4) is 0 Å². The zero-order valence-corrected chi connectivity index (χ0v) is 11.9. The molecule has 17 heavy (non-hydrogen) atoms. The molecule has 0 aliphatic heterocycles. The molecule has 1 atom stereocenters. The van der Waals surface area contributed by atoms with Gasteiger partial charge in [0.2, 0.25) is 0 Å². The van der Waals surface area contributed by atoms with Crippen LogP contribution < -0.4 is 4.90 Å². The van der Waals surface area contributed by atoms with E-state index in [2.05, 4.69) is 30.1 Å². The predicted molar refractivity (Wildman–Crippen MR) is 75.8 cm³/mol. The molecule has 1 N–H and O–H groups in total. The number of anilines is 1. The molecule has 1 aromatic rings. The molecule has 4 heteroatoms. The summed E-state index contributed by atoms with van der Waals surface area (Å²) in [7, 11) is 2.06. The van der Waals surface area contributed by atoms with E-state index < -0.39 is 0 Å². The Kier molecular flexibility index (Phi) is 5.78. The van der Waals surface area contributed by atoms with Crippen LogP contribution in [-0.2, 0) is 6.61 Å². The van der Waals surface area contributed by atoms with Gasteiger partial charge < -0.3 is 10.0 Å². The van der Waals surface area contributed by atoms with Crippen molar-refractivity contribution in [3.05, 3.63) is 23.4 Å². The summed E-state index contributed by atoms with van der Waals surface area (Å²) in [5.41, 5.74) is 1.88. The van der Waals surface area contributed by atoms with E-state index in [1.807, 2.05) is 30.8 Å². The Labute approximate surface area is 108 Å². The van der Waals surface area contributed by atoms with Gasteiger partial charge in [-0.15, -0.1) is 0 Å². The van der Waals surface area contributed by atoms with Gasteiger partial charge in [0.15, 0.2) is 0 Å². The summed E-state index contributed by atoms with van der Waals surface area (Å²) in [6.07, 6.45) is 3.27. The third kappa shape index (κ3) is 4.21. The van der Waals surface area contributed by atoms with Gasteiger partial charge >= 0.3 is 0 Å². The molecular weight excluding hydrogens is 232 g/mol. The molecule has 0 aromatic carbocycles. The average molecular weight is 254 g/mol. The van der Waals surface area contributed by atoms with Crippen molar-refractivity contribution in [3.63, 3.8) is 0 Å². The van der Waals surface area contributed by atoms with Gasteiger partial charge in [0, 0.05) is 18.8 Å². The summed E-state index contributed by atoms with van der Waals surface area (Å²) in [4.78, 5) is 6.70. The quantitative estimate of drug-likeness (QED) is 0.846. The van der Waals surface area contributed by atoms with Crippen LogP contribution >= 0.6 is 11.8 Å². The van der Waals surface area contributed by atoms with Gasteiger partial charge in [-0.3, -0.25) is 0 Å². The molecule has 0 bridgehead atoms. The maximum atomic E-state index is 9.20. The minimum Gasteiger partial charge on any atom is -0.392 e. The Morgan fingerprint density at radius 2 is 2.18 bits per heavy atom. The Morgan fingerprint density at radius 3 is 2.76 bits per heavy atom. The molecule has 3 nitrogen and oxygen atoms in total. The van der Waals surface area contributed by atoms with Crippen molar-refractivity contribution in [1.29, 1.82) is 0 Å². The lowest BCUT2D eigenvalue weighted by Gasteiger charge is -2.26. The second-order valence-electron chi connectivity index (χ2n) is 4.37. The number of aromatic nitrogens is 1. The van der Waals surface area contributed by atoms with Crippen LogP contribution in [0.15, 0.2) is 12.1 Å². The number of nitrogens with zero attached hydrogens (tertiary/aromatic N) is 2. The Balaban J connectivity index is 2.80. The second kappa shape index (κ2) is 6.87. The summed E-state index contributed by atoms with van der Waals surface area (Å²) in [6, 6.07) is 4.34. The number of aryl methyl sites for hydroxylation is 1. The number of rotatable bonds is 6. The first kappa shape index (κ1) is 14.3. The van der Waals surface area contributed by atoms with Crippen molar-refractivity contribution in [1.82, 2.24) is 4.98 Å². The highest BCUT2D eigenvalue weighted by Crippen LogP contribution is 2.18. The monoisotopic (exact) mass is 254 g/mol. The van der Waals surface area contributed by atoms with Crippen LogP contribution in [0.1, 0.15) is 24.6 Å². The maximum Gasteiger partial charge on any atom is 0.129 e. The van der Waals surface area contributed by atoms with Crippen molar-refractivity contribution in [2.24, 2.45) is 0 Å². The van der Waals surface area contributed by atoms with Crippen LogP contribution in [0.2, 0.25) is 0 Å². The van der Waals surface area contributed by atoms with E-state index in [1.54, 1.807) is 0 Å². The largest absolute Gasteiger partial charge is 0.392 e. The van der Waals surface area contributed by atoms with Gasteiger partial charge in [-0.1, -0.05) is 0 Å². The highest BCUT2D eigenvalue weighted by molar-refractivity contribution is 7.98. The average Bonchev–Trinajstić information content (AvgIpc) is 2.34. The van der Waals surface area contributed by atoms with Crippen LogP contribution in [0.4, 0.5) is 5.82 Å². The van der Waals surface area contributed by atoms with Crippen molar-refractivity contribution >= 4 is 17.6 Å². The zero-order chi connectivity index (χ0) is 12.8. The van der Waals surface area contributed by atoms with E-state index in [1.165, 1.54) is 0 Å². The smallest absolute Gasteiger partial charge is 0.129 e. The normalized spacial score (nSPS) is 12.5. The third-order valence-corrected chi connectivity index (χ3v) is 3.59. The molecule has 96 valence electrons. The molecule has 1 heterocycles. The summed E-state index contributed by atoms with van der Waals surface area (Å²) >= 11 is 1.87. The molecule has 0 amide bonds. The molecule has 1 aromatic heterocycles. The number of aliphatic hydroxyl groups is 1. The molecule has 1 rings (SSSR count). The minimum absolute atomic E-state index is 0.0728. The standard InChI is InChI=1S/C13H22N2OS/c1-10-7-12(9-16)8-13(14-10)15(3)11(2)5-6-17-4/h7-8,11,16H,5-6,9H2,1-4H3. The summed E-state index contributed by atoms with van der Waals surface area (Å²) in [5, 5.41) is 9.20. The van der Waals surface area contributed by atoms with E-state index in [4.69, 9.17) is 0 Å². The fourth-order valence-corrected chi connectivity index (χ4v) is 2.28. The van der Waals surface area contributed by atoms with Gasteiger partial charge in [-0.25, -0.2) is 4.98 Å². The van der Waals surface area contributed by atoms with E-state index in [-0.39, 0.29) is 6.61 Å². The predicted octanol–water partition coefficient (Wildman–Crippen LogP) is 2.46. The van der Waals surface area contributed by atoms with Crippen molar-refractivity contribution in [2.45, 2.75) is 32.9 Å². The zero-order valence-electron chi connectivity index (χ0n) is 11.1. The molecule has 0 aliphatic rings. The van der Waals surface area contributed by atoms with Gasteiger partial charge in [0.25, 0.3) is 0 Å². The highest BCUT2D eigenvalue weighted by atomic mass is 32.2. The molecule has 0 fully saturated rings. The van der Waals surface area contributed by atoms with Crippen LogP contribution in [0, 0.1) is 6.92 Å². The van der Waals surface area contributed by atoms with Gasteiger partial charge in [0.1, 0.15) is 5.82 Å². The van der Waals surface area contributed by atoms with Gasteiger partial charge in [-0.05, 0) is 50.0 Å². The molecule has 0 saturated carbocycles. The number of hydrogen-bond donors (Lipinski definition) is 1. The highest BCUT2D eigenvalue weighted by Gasteiger charge is 2.11. The topological polar surface area (TPSA) is 36.4 Å². The number of aliphatic hydroxyl groups excluding tert-OH is 1. The Morgan fingerprint density at radius 1 is 1.47 bits per heavy atom. The number of pyridine rings is 1. The van der Waals surface area contributed by atoms with Crippen molar-refractivity contribution < 1.29 is 5.11 Å². The lowest BCUT2D eigenvalue weighted by molar-refractivity contribution is 0.281. The fraction of sp³-hybridized carbons (Fsp3) is 0.615. The fourth-order valence-electron chi connectivity index (χ4n) is 1.70. The first-order valence-corrected chi connectivity index (χ1v) is 7.28. The Hall–Kier alpha value is -0.740. The molecule has 0 spiro atoms. The third-order valence-electron chi connectivity index (χ3n) is 2.94.